The van der Waals surface area contributed by atoms with Gasteiger partial charge in [-0.15, -0.1) is 0 Å². The lowest BCUT2D eigenvalue weighted by Crippen LogP contribution is -2.00. The maximum atomic E-state index is 13.4. The van der Waals surface area contributed by atoms with Crippen LogP contribution >= 0.6 is 22.6 Å². The van der Waals surface area contributed by atoms with Gasteiger partial charge in [-0.3, -0.25) is 0 Å². The Morgan fingerprint density at radius 3 is 2.53 bits per heavy atom. The summed E-state index contributed by atoms with van der Waals surface area (Å²) < 4.78 is 24.5. The van der Waals surface area contributed by atoms with Gasteiger partial charge >= 0.3 is 0 Å². The van der Waals surface area contributed by atoms with E-state index in [9.17, 15) is 4.39 Å². The van der Waals surface area contributed by atoms with Gasteiger partial charge in [0, 0.05) is 6.07 Å². The highest BCUT2D eigenvalue weighted by atomic mass is 127. The van der Waals surface area contributed by atoms with Crippen molar-refractivity contribution < 1.29 is 13.9 Å². The van der Waals surface area contributed by atoms with Crippen molar-refractivity contribution in [1.82, 2.24) is 0 Å². The Kier molecular flexibility index (Phi) is 4.47. The first-order valence-corrected chi connectivity index (χ1v) is 6.68. The van der Waals surface area contributed by atoms with Crippen LogP contribution in [0.25, 0.3) is 0 Å². The number of nitrogens with two attached hydrogens (primary N) is 1. The van der Waals surface area contributed by atoms with E-state index in [1.807, 2.05) is 46.9 Å². The fourth-order valence-corrected chi connectivity index (χ4v) is 2.04. The van der Waals surface area contributed by atoms with Crippen LogP contribution in [0.2, 0.25) is 0 Å². The number of hydrogen-bond acceptors (Lipinski definition) is 3. The average Bonchev–Trinajstić information content (AvgIpc) is 2.42. The summed E-state index contributed by atoms with van der Waals surface area (Å²) in [7, 11) is 1.61. The molecular weight excluding hydrogens is 360 g/mol. The number of benzene rings is 2. The van der Waals surface area contributed by atoms with E-state index in [1.54, 1.807) is 13.2 Å². The second-order valence-corrected chi connectivity index (χ2v) is 5.10. The summed E-state index contributed by atoms with van der Waals surface area (Å²) in [6.45, 7) is 0.328. The molecule has 100 valence electrons. The molecule has 0 saturated carbocycles. The SMILES string of the molecule is COc1ccc(COc2cc(F)c(I)cc2N)cc1. The summed E-state index contributed by atoms with van der Waals surface area (Å²) in [5.41, 5.74) is 7.17. The highest BCUT2D eigenvalue weighted by molar-refractivity contribution is 14.1. The predicted octanol–water partition coefficient (Wildman–Crippen LogP) is 3.60. The largest absolute Gasteiger partial charge is 0.497 e. The highest BCUT2D eigenvalue weighted by Crippen LogP contribution is 2.27. The molecule has 3 nitrogen and oxygen atoms in total. The van der Waals surface area contributed by atoms with E-state index in [1.165, 1.54) is 6.07 Å². The zero-order valence-corrected chi connectivity index (χ0v) is 12.5. The second-order valence-electron chi connectivity index (χ2n) is 3.94. The van der Waals surface area contributed by atoms with Gasteiger partial charge in [0.2, 0.25) is 0 Å². The van der Waals surface area contributed by atoms with Crippen molar-refractivity contribution in [3.8, 4) is 11.5 Å². The number of ether oxygens (including phenoxy) is 2. The first-order chi connectivity index (χ1) is 9.10. The summed E-state index contributed by atoms with van der Waals surface area (Å²) >= 11 is 1.89. The molecule has 0 heterocycles. The fourth-order valence-electron chi connectivity index (χ4n) is 1.55. The van der Waals surface area contributed by atoms with Crippen molar-refractivity contribution >= 4 is 28.3 Å². The number of rotatable bonds is 4. The minimum atomic E-state index is -0.334. The van der Waals surface area contributed by atoms with Crippen molar-refractivity contribution in [3.05, 3.63) is 51.3 Å². The molecular formula is C14H13FINO2. The van der Waals surface area contributed by atoms with E-state index in [2.05, 4.69) is 0 Å². The van der Waals surface area contributed by atoms with E-state index < -0.39 is 0 Å². The third-order valence-electron chi connectivity index (χ3n) is 2.61. The van der Waals surface area contributed by atoms with Gasteiger partial charge in [0.25, 0.3) is 0 Å². The minimum absolute atomic E-state index is 0.328. The Balaban J connectivity index is 2.07. The molecule has 0 atom stereocenters. The van der Waals surface area contributed by atoms with Crippen molar-refractivity contribution in [2.75, 3.05) is 12.8 Å². The van der Waals surface area contributed by atoms with Gasteiger partial charge in [0.1, 0.15) is 23.9 Å². The second kappa shape index (κ2) is 6.10. The average molecular weight is 373 g/mol. The maximum absolute atomic E-state index is 13.4. The molecule has 0 amide bonds. The Morgan fingerprint density at radius 2 is 1.89 bits per heavy atom. The monoisotopic (exact) mass is 373 g/mol. The zero-order chi connectivity index (χ0) is 13.8. The maximum Gasteiger partial charge on any atom is 0.145 e. The normalized spacial score (nSPS) is 10.3. The topological polar surface area (TPSA) is 44.5 Å². The van der Waals surface area contributed by atoms with Gasteiger partial charge in [-0.05, 0) is 46.4 Å². The molecule has 2 rings (SSSR count). The predicted molar refractivity (Wildman–Crippen MR) is 80.9 cm³/mol. The lowest BCUT2D eigenvalue weighted by Gasteiger charge is -2.10. The van der Waals surface area contributed by atoms with Crippen molar-refractivity contribution in [2.45, 2.75) is 6.61 Å². The van der Waals surface area contributed by atoms with Crippen LogP contribution in [0.15, 0.2) is 36.4 Å². The van der Waals surface area contributed by atoms with Crippen LogP contribution in [0.4, 0.5) is 10.1 Å². The number of halogens is 2. The fraction of sp³-hybridized carbons (Fsp3) is 0.143. The molecule has 0 fully saturated rings. The minimum Gasteiger partial charge on any atom is -0.497 e. The lowest BCUT2D eigenvalue weighted by atomic mass is 10.2. The molecule has 0 spiro atoms. The molecule has 0 saturated heterocycles. The van der Waals surface area contributed by atoms with Gasteiger partial charge in [-0.2, -0.15) is 0 Å². The highest BCUT2D eigenvalue weighted by Gasteiger charge is 2.07. The summed E-state index contributed by atoms with van der Waals surface area (Å²) in [6.07, 6.45) is 0. The molecule has 0 aromatic heterocycles. The Labute approximate surface area is 124 Å². The first kappa shape index (κ1) is 13.9. The van der Waals surface area contributed by atoms with E-state index in [0.29, 0.717) is 21.6 Å². The van der Waals surface area contributed by atoms with Gasteiger partial charge in [-0.1, -0.05) is 12.1 Å². The quantitative estimate of drug-likeness (QED) is 0.658. The third-order valence-corrected chi connectivity index (χ3v) is 3.43. The Morgan fingerprint density at radius 1 is 1.21 bits per heavy atom. The molecule has 0 aliphatic rings. The summed E-state index contributed by atoms with van der Waals surface area (Å²) in [5, 5.41) is 0. The van der Waals surface area contributed by atoms with Gasteiger partial charge < -0.3 is 15.2 Å². The van der Waals surface area contributed by atoms with Gasteiger partial charge in [0.05, 0.1) is 16.4 Å². The molecule has 19 heavy (non-hydrogen) atoms. The van der Waals surface area contributed by atoms with E-state index in [0.717, 1.165) is 11.3 Å². The van der Waals surface area contributed by atoms with Crippen LogP contribution in [0.1, 0.15) is 5.56 Å². The van der Waals surface area contributed by atoms with Crippen LogP contribution in [-0.2, 0) is 6.61 Å². The Bertz CT molecular complexity index is 572. The summed E-state index contributed by atoms with van der Waals surface area (Å²) in [6, 6.07) is 10.3. The summed E-state index contributed by atoms with van der Waals surface area (Å²) in [5.74, 6) is 0.803. The number of anilines is 1. The van der Waals surface area contributed by atoms with E-state index in [-0.39, 0.29) is 5.82 Å². The molecule has 0 aliphatic carbocycles. The van der Waals surface area contributed by atoms with Crippen LogP contribution in [-0.4, -0.2) is 7.11 Å². The lowest BCUT2D eigenvalue weighted by molar-refractivity contribution is 0.306. The third kappa shape index (κ3) is 3.50. The smallest absolute Gasteiger partial charge is 0.145 e. The van der Waals surface area contributed by atoms with Crippen LogP contribution < -0.4 is 15.2 Å². The standard InChI is InChI=1S/C14H13FINO2/c1-18-10-4-2-9(3-5-10)8-19-14-6-11(15)12(16)7-13(14)17/h2-7H,8,17H2,1H3. The van der Waals surface area contributed by atoms with Crippen LogP contribution in [0, 0.1) is 9.39 Å². The Hall–Kier alpha value is -1.50. The molecule has 2 aromatic carbocycles. The van der Waals surface area contributed by atoms with Crippen molar-refractivity contribution in [1.29, 1.82) is 0 Å². The number of methoxy groups -OCH3 is 1. The van der Waals surface area contributed by atoms with Crippen molar-refractivity contribution in [2.24, 2.45) is 0 Å². The molecule has 0 bridgehead atoms. The molecule has 0 aliphatic heterocycles. The van der Waals surface area contributed by atoms with Gasteiger partial charge in [0.15, 0.2) is 0 Å². The van der Waals surface area contributed by atoms with Crippen LogP contribution in [0.3, 0.4) is 0 Å². The van der Waals surface area contributed by atoms with Gasteiger partial charge in [-0.25, -0.2) is 4.39 Å². The molecule has 2 N–H and O–H groups in total. The van der Waals surface area contributed by atoms with E-state index in [4.69, 9.17) is 15.2 Å². The van der Waals surface area contributed by atoms with Crippen LogP contribution in [0.5, 0.6) is 11.5 Å². The molecule has 0 unspecified atom stereocenters. The van der Waals surface area contributed by atoms with Crippen molar-refractivity contribution in [3.63, 3.8) is 0 Å². The molecule has 5 heteroatoms. The number of hydrogen-bond donors (Lipinski definition) is 1. The summed E-state index contributed by atoms with van der Waals surface area (Å²) in [4.78, 5) is 0. The first-order valence-electron chi connectivity index (χ1n) is 5.60. The number of nitrogen functional groups attached to an aromatic ring is 1. The van der Waals surface area contributed by atoms with E-state index >= 15 is 0 Å². The zero-order valence-electron chi connectivity index (χ0n) is 10.3. The molecule has 0 radical (unpaired) electrons. The molecule has 2 aromatic rings.